The third kappa shape index (κ3) is 2.80. The van der Waals surface area contributed by atoms with Gasteiger partial charge in [0.2, 0.25) is 0 Å². The molecule has 0 atom stereocenters. The van der Waals surface area contributed by atoms with Gasteiger partial charge in [-0.3, -0.25) is 0 Å². The van der Waals surface area contributed by atoms with Crippen molar-refractivity contribution in [1.82, 2.24) is 0 Å². The lowest BCUT2D eigenvalue weighted by Crippen LogP contribution is -2.30. The molecule has 0 bridgehead atoms. The van der Waals surface area contributed by atoms with Crippen LogP contribution in [0.25, 0.3) is 11.1 Å². The van der Waals surface area contributed by atoms with Gasteiger partial charge in [0.15, 0.2) is 0 Å². The average molecular weight is 377 g/mol. The molecule has 0 spiro atoms. The standard InChI is InChI=1S/C27H24N2/c1-27(2)23-7-3-5-9-25(23)29(26-10-6-4-8-24(26)27)22-17-13-20(14-18-22)19-11-15-21(28)16-12-19/h3-18H,28H2,1-2H3. The van der Waals surface area contributed by atoms with E-state index in [0.29, 0.717) is 0 Å². The van der Waals surface area contributed by atoms with Crippen LogP contribution in [-0.4, -0.2) is 0 Å². The van der Waals surface area contributed by atoms with Gasteiger partial charge < -0.3 is 10.6 Å². The molecule has 0 aliphatic carbocycles. The van der Waals surface area contributed by atoms with Crippen molar-refractivity contribution >= 4 is 22.7 Å². The van der Waals surface area contributed by atoms with Crippen LogP contribution >= 0.6 is 0 Å². The largest absolute Gasteiger partial charge is 0.399 e. The molecule has 0 aromatic heterocycles. The molecule has 29 heavy (non-hydrogen) atoms. The molecule has 0 saturated heterocycles. The van der Waals surface area contributed by atoms with Crippen molar-refractivity contribution in [2.45, 2.75) is 19.3 Å². The zero-order valence-corrected chi connectivity index (χ0v) is 16.8. The van der Waals surface area contributed by atoms with E-state index in [4.69, 9.17) is 5.73 Å². The maximum atomic E-state index is 5.83. The van der Waals surface area contributed by atoms with E-state index in [9.17, 15) is 0 Å². The van der Waals surface area contributed by atoms with Gasteiger partial charge in [0.05, 0.1) is 11.4 Å². The van der Waals surface area contributed by atoms with Crippen LogP contribution in [-0.2, 0) is 5.41 Å². The lowest BCUT2D eigenvalue weighted by molar-refractivity contribution is 0.632. The van der Waals surface area contributed by atoms with Gasteiger partial charge >= 0.3 is 0 Å². The number of hydrogen-bond acceptors (Lipinski definition) is 2. The molecule has 2 nitrogen and oxygen atoms in total. The number of nitrogens with zero attached hydrogens (tertiary/aromatic N) is 1. The number of para-hydroxylation sites is 2. The Morgan fingerprint density at radius 1 is 0.586 bits per heavy atom. The first-order valence-electron chi connectivity index (χ1n) is 10.0. The normalized spacial score (nSPS) is 14.2. The summed E-state index contributed by atoms with van der Waals surface area (Å²) in [6, 6.07) is 34.3. The fourth-order valence-corrected chi connectivity index (χ4v) is 4.43. The van der Waals surface area contributed by atoms with E-state index in [1.165, 1.54) is 39.3 Å². The molecule has 2 N–H and O–H groups in total. The Bertz CT molecular complexity index is 1120. The Kier molecular flexibility index (Phi) is 3.95. The first-order chi connectivity index (χ1) is 14.1. The van der Waals surface area contributed by atoms with Crippen LogP contribution in [0.1, 0.15) is 25.0 Å². The molecule has 4 aromatic rings. The van der Waals surface area contributed by atoms with E-state index in [-0.39, 0.29) is 5.41 Å². The van der Waals surface area contributed by atoms with Crippen molar-refractivity contribution < 1.29 is 0 Å². The van der Waals surface area contributed by atoms with E-state index in [1.54, 1.807) is 0 Å². The quantitative estimate of drug-likeness (QED) is 0.380. The van der Waals surface area contributed by atoms with Crippen LogP contribution < -0.4 is 10.6 Å². The van der Waals surface area contributed by atoms with Gasteiger partial charge in [-0.05, 0) is 58.7 Å². The van der Waals surface area contributed by atoms with Crippen LogP contribution in [0.4, 0.5) is 22.7 Å². The minimum Gasteiger partial charge on any atom is -0.399 e. The van der Waals surface area contributed by atoms with Crippen molar-refractivity contribution in [3.8, 4) is 11.1 Å². The predicted molar refractivity (Wildman–Crippen MR) is 123 cm³/mol. The molecule has 0 fully saturated rings. The van der Waals surface area contributed by atoms with Crippen LogP contribution in [0.5, 0.6) is 0 Å². The minimum absolute atomic E-state index is 0.0341. The van der Waals surface area contributed by atoms with Crippen LogP contribution in [0.15, 0.2) is 97.1 Å². The monoisotopic (exact) mass is 376 g/mol. The summed E-state index contributed by atoms with van der Waals surface area (Å²) in [5.74, 6) is 0. The zero-order valence-electron chi connectivity index (χ0n) is 16.8. The highest BCUT2D eigenvalue weighted by Gasteiger charge is 2.36. The topological polar surface area (TPSA) is 29.3 Å². The number of anilines is 4. The lowest BCUT2D eigenvalue weighted by Gasteiger charge is -2.42. The highest BCUT2D eigenvalue weighted by atomic mass is 15.2. The molecule has 5 rings (SSSR count). The summed E-state index contributed by atoms with van der Waals surface area (Å²) in [5, 5.41) is 0. The van der Waals surface area contributed by atoms with E-state index in [1.807, 2.05) is 12.1 Å². The molecular formula is C27H24N2. The second-order valence-corrected chi connectivity index (χ2v) is 8.16. The van der Waals surface area contributed by atoms with Gasteiger partial charge in [-0.1, -0.05) is 74.5 Å². The molecule has 1 heterocycles. The maximum Gasteiger partial charge on any atom is 0.0502 e. The third-order valence-electron chi connectivity index (χ3n) is 6.01. The molecule has 0 radical (unpaired) electrons. The van der Waals surface area contributed by atoms with Gasteiger partial charge in [-0.2, -0.15) is 0 Å². The smallest absolute Gasteiger partial charge is 0.0502 e. The molecule has 0 unspecified atom stereocenters. The summed E-state index contributed by atoms with van der Waals surface area (Å²) in [6.07, 6.45) is 0. The fourth-order valence-electron chi connectivity index (χ4n) is 4.43. The summed E-state index contributed by atoms with van der Waals surface area (Å²) >= 11 is 0. The Morgan fingerprint density at radius 2 is 1.03 bits per heavy atom. The van der Waals surface area contributed by atoms with E-state index in [0.717, 1.165) is 5.69 Å². The number of benzene rings is 4. The van der Waals surface area contributed by atoms with Gasteiger partial charge in [0.1, 0.15) is 0 Å². The lowest BCUT2D eigenvalue weighted by atomic mass is 9.73. The third-order valence-corrected chi connectivity index (χ3v) is 6.01. The molecule has 1 aliphatic rings. The van der Waals surface area contributed by atoms with E-state index < -0.39 is 0 Å². The van der Waals surface area contributed by atoms with Crippen molar-refractivity contribution in [3.63, 3.8) is 0 Å². The van der Waals surface area contributed by atoms with Crippen LogP contribution in [0.3, 0.4) is 0 Å². The Balaban J connectivity index is 1.64. The van der Waals surface area contributed by atoms with Crippen molar-refractivity contribution in [1.29, 1.82) is 0 Å². The summed E-state index contributed by atoms with van der Waals surface area (Å²) in [7, 11) is 0. The van der Waals surface area contributed by atoms with Crippen molar-refractivity contribution in [2.75, 3.05) is 10.6 Å². The maximum absolute atomic E-state index is 5.83. The summed E-state index contributed by atoms with van der Waals surface area (Å²) < 4.78 is 0. The Morgan fingerprint density at radius 3 is 1.55 bits per heavy atom. The summed E-state index contributed by atoms with van der Waals surface area (Å²) in [6.45, 7) is 4.62. The minimum atomic E-state index is -0.0341. The SMILES string of the molecule is CC1(C)c2ccccc2N(c2ccc(-c3ccc(N)cc3)cc2)c2ccccc21. The molecular weight excluding hydrogens is 352 g/mol. The molecule has 0 saturated carbocycles. The highest BCUT2D eigenvalue weighted by Crippen LogP contribution is 2.51. The van der Waals surface area contributed by atoms with E-state index >= 15 is 0 Å². The Labute approximate surface area is 172 Å². The molecule has 2 heteroatoms. The molecule has 4 aromatic carbocycles. The summed E-state index contributed by atoms with van der Waals surface area (Å²) in [4.78, 5) is 2.38. The number of hydrogen-bond donors (Lipinski definition) is 1. The number of nitrogen functional groups attached to an aromatic ring is 1. The molecule has 1 aliphatic heterocycles. The zero-order chi connectivity index (χ0) is 20.0. The molecule has 0 amide bonds. The number of nitrogens with two attached hydrogens (primary N) is 1. The van der Waals surface area contributed by atoms with Crippen molar-refractivity contribution in [3.05, 3.63) is 108 Å². The Hall–Kier alpha value is -3.52. The van der Waals surface area contributed by atoms with Gasteiger partial charge in [-0.15, -0.1) is 0 Å². The summed E-state index contributed by atoms with van der Waals surface area (Å²) in [5.41, 5.74) is 15.3. The predicted octanol–water partition coefficient (Wildman–Crippen LogP) is 7.04. The number of rotatable bonds is 2. The molecule has 142 valence electrons. The first-order valence-corrected chi connectivity index (χ1v) is 10.0. The van der Waals surface area contributed by atoms with E-state index in [2.05, 4.69) is 104 Å². The second kappa shape index (κ2) is 6.52. The highest BCUT2D eigenvalue weighted by molar-refractivity contribution is 5.86. The van der Waals surface area contributed by atoms with Gasteiger partial charge in [0.25, 0.3) is 0 Å². The fraction of sp³-hybridized carbons (Fsp3) is 0.111. The number of fused-ring (bicyclic) bond motifs is 2. The van der Waals surface area contributed by atoms with Crippen molar-refractivity contribution in [2.24, 2.45) is 0 Å². The van der Waals surface area contributed by atoms with Gasteiger partial charge in [0, 0.05) is 16.8 Å². The average Bonchev–Trinajstić information content (AvgIpc) is 2.75. The second-order valence-electron chi connectivity index (χ2n) is 8.16. The van der Waals surface area contributed by atoms with Crippen LogP contribution in [0.2, 0.25) is 0 Å². The van der Waals surface area contributed by atoms with Crippen LogP contribution in [0, 0.1) is 0 Å². The first kappa shape index (κ1) is 17.6. The van der Waals surface area contributed by atoms with Gasteiger partial charge in [-0.25, -0.2) is 0 Å².